The molecule has 4 nitrogen and oxygen atoms in total. The van der Waals surface area contributed by atoms with Crippen LogP contribution in [0.15, 0.2) is 12.3 Å². The van der Waals surface area contributed by atoms with E-state index in [1.165, 1.54) is 0 Å². The molecule has 1 heterocycles. The van der Waals surface area contributed by atoms with Crippen molar-refractivity contribution in [2.24, 2.45) is 13.0 Å². The molecule has 0 amide bonds. The number of aromatic nitrogens is 2. The van der Waals surface area contributed by atoms with Gasteiger partial charge in [-0.25, -0.2) is 0 Å². The summed E-state index contributed by atoms with van der Waals surface area (Å²) in [6, 6.07) is 1.89. The lowest BCUT2D eigenvalue weighted by Crippen LogP contribution is -2.27. The van der Waals surface area contributed by atoms with Crippen LogP contribution in [-0.2, 0) is 18.3 Å². The number of rotatable bonds is 6. The Hall–Kier alpha value is -1.16. The van der Waals surface area contributed by atoms with E-state index < -0.39 is 0 Å². The molecule has 0 saturated heterocycles. The van der Waals surface area contributed by atoms with E-state index in [2.05, 4.69) is 10.4 Å². The molecule has 0 spiro atoms. The van der Waals surface area contributed by atoms with E-state index in [1.807, 2.05) is 33.2 Å². The van der Waals surface area contributed by atoms with Gasteiger partial charge in [-0.05, 0) is 12.6 Å². The maximum atomic E-state index is 11.7. The molecule has 0 aliphatic carbocycles. The summed E-state index contributed by atoms with van der Waals surface area (Å²) in [6.45, 7) is 5.65. The molecule has 84 valence electrons. The van der Waals surface area contributed by atoms with Gasteiger partial charge >= 0.3 is 0 Å². The van der Waals surface area contributed by atoms with E-state index in [9.17, 15) is 4.79 Å². The van der Waals surface area contributed by atoms with Gasteiger partial charge in [0.1, 0.15) is 5.78 Å². The first-order valence-corrected chi connectivity index (χ1v) is 5.35. The second-order valence-electron chi connectivity index (χ2n) is 3.83. The molecular formula is C11H19N3O. The van der Waals surface area contributed by atoms with Crippen molar-refractivity contribution in [2.45, 2.75) is 20.3 Å². The van der Waals surface area contributed by atoms with Gasteiger partial charge in [-0.15, -0.1) is 0 Å². The first-order valence-electron chi connectivity index (χ1n) is 5.35. The molecule has 0 radical (unpaired) electrons. The third-order valence-electron chi connectivity index (χ3n) is 2.37. The molecule has 0 bridgehead atoms. The van der Waals surface area contributed by atoms with Crippen LogP contribution in [0.3, 0.4) is 0 Å². The molecule has 1 N–H and O–H groups in total. The van der Waals surface area contributed by atoms with E-state index in [0.29, 0.717) is 6.42 Å². The first kappa shape index (κ1) is 11.9. The predicted molar refractivity (Wildman–Crippen MR) is 59.6 cm³/mol. The zero-order valence-corrected chi connectivity index (χ0v) is 9.66. The van der Waals surface area contributed by atoms with Crippen LogP contribution >= 0.6 is 0 Å². The highest BCUT2D eigenvalue weighted by molar-refractivity contribution is 5.82. The average molecular weight is 209 g/mol. The van der Waals surface area contributed by atoms with Crippen LogP contribution < -0.4 is 5.32 Å². The van der Waals surface area contributed by atoms with Gasteiger partial charge in [-0.2, -0.15) is 5.10 Å². The third-order valence-corrected chi connectivity index (χ3v) is 2.37. The molecular weight excluding hydrogens is 190 g/mol. The van der Waals surface area contributed by atoms with Crippen molar-refractivity contribution in [2.75, 3.05) is 13.1 Å². The van der Waals surface area contributed by atoms with E-state index in [4.69, 9.17) is 0 Å². The van der Waals surface area contributed by atoms with Crippen molar-refractivity contribution in [1.29, 1.82) is 0 Å². The Kier molecular flexibility index (Phi) is 4.49. The monoisotopic (exact) mass is 209 g/mol. The summed E-state index contributed by atoms with van der Waals surface area (Å²) in [5.74, 6) is 0.307. The summed E-state index contributed by atoms with van der Waals surface area (Å²) in [6.07, 6.45) is 2.30. The number of hydrogen-bond donors (Lipinski definition) is 1. The molecule has 0 fully saturated rings. The molecule has 1 aromatic heterocycles. The molecule has 1 rings (SSSR count). The maximum Gasteiger partial charge on any atom is 0.142 e. The highest BCUT2D eigenvalue weighted by atomic mass is 16.1. The van der Waals surface area contributed by atoms with Crippen molar-refractivity contribution < 1.29 is 4.79 Å². The Labute approximate surface area is 90.7 Å². The lowest BCUT2D eigenvalue weighted by molar-refractivity contribution is -0.121. The lowest BCUT2D eigenvalue weighted by Gasteiger charge is -2.09. The second-order valence-corrected chi connectivity index (χ2v) is 3.83. The first-order chi connectivity index (χ1) is 7.13. The van der Waals surface area contributed by atoms with Crippen LogP contribution in [-0.4, -0.2) is 28.7 Å². The summed E-state index contributed by atoms with van der Waals surface area (Å²) in [7, 11) is 1.86. The number of hydrogen-bond acceptors (Lipinski definition) is 3. The quantitative estimate of drug-likeness (QED) is 0.753. The van der Waals surface area contributed by atoms with Crippen molar-refractivity contribution in [1.82, 2.24) is 15.1 Å². The fourth-order valence-corrected chi connectivity index (χ4v) is 1.38. The Balaban J connectivity index is 2.41. The number of Topliss-reactive ketones (excluding diaryl/α,β-unsaturated/α-hetero) is 1. The summed E-state index contributed by atoms with van der Waals surface area (Å²) in [4.78, 5) is 11.7. The van der Waals surface area contributed by atoms with Crippen LogP contribution in [0.4, 0.5) is 0 Å². The largest absolute Gasteiger partial charge is 0.316 e. The van der Waals surface area contributed by atoms with E-state index in [1.54, 1.807) is 4.68 Å². The van der Waals surface area contributed by atoms with Crippen LogP contribution in [0.2, 0.25) is 0 Å². The standard InChI is InChI=1S/C11H19N3O/c1-4-12-8-9(2)11(15)7-10-5-6-14(3)13-10/h5-6,9,12H,4,7-8H2,1-3H3. The summed E-state index contributed by atoms with van der Waals surface area (Å²) < 4.78 is 1.72. The highest BCUT2D eigenvalue weighted by Gasteiger charge is 2.13. The maximum absolute atomic E-state index is 11.7. The lowest BCUT2D eigenvalue weighted by atomic mass is 10.0. The minimum atomic E-state index is 0.0620. The van der Waals surface area contributed by atoms with Crippen molar-refractivity contribution in [3.8, 4) is 0 Å². The summed E-state index contributed by atoms with van der Waals surface area (Å²) in [5, 5.41) is 7.36. The molecule has 0 saturated carbocycles. The molecule has 0 aliphatic heterocycles. The zero-order valence-electron chi connectivity index (χ0n) is 9.66. The zero-order chi connectivity index (χ0) is 11.3. The third kappa shape index (κ3) is 3.83. The van der Waals surface area contributed by atoms with Crippen LogP contribution in [0, 0.1) is 5.92 Å². The van der Waals surface area contributed by atoms with Crippen LogP contribution in [0.1, 0.15) is 19.5 Å². The topological polar surface area (TPSA) is 46.9 Å². The molecule has 0 aromatic carbocycles. The van der Waals surface area contributed by atoms with Gasteiger partial charge in [0.15, 0.2) is 0 Å². The SMILES string of the molecule is CCNCC(C)C(=O)Cc1ccn(C)n1. The van der Waals surface area contributed by atoms with Crippen molar-refractivity contribution >= 4 is 5.78 Å². The normalized spacial score (nSPS) is 12.7. The van der Waals surface area contributed by atoms with Crippen LogP contribution in [0.5, 0.6) is 0 Å². The van der Waals surface area contributed by atoms with Crippen molar-refractivity contribution in [3.05, 3.63) is 18.0 Å². The highest BCUT2D eigenvalue weighted by Crippen LogP contribution is 2.03. The van der Waals surface area contributed by atoms with Gasteiger partial charge in [0, 0.05) is 25.7 Å². The van der Waals surface area contributed by atoms with Gasteiger partial charge in [0.05, 0.1) is 12.1 Å². The van der Waals surface area contributed by atoms with E-state index in [-0.39, 0.29) is 11.7 Å². The molecule has 1 aromatic rings. The van der Waals surface area contributed by atoms with Gasteiger partial charge < -0.3 is 5.32 Å². The Morgan fingerprint density at radius 1 is 1.67 bits per heavy atom. The molecule has 1 unspecified atom stereocenters. The Bertz CT molecular complexity index is 319. The minimum Gasteiger partial charge on any atom is -0.316 e. The smallest absolute Gasteiger partial charge is 0.142 e. The van der Waals surface area contributed by atoms with Gasteiger partial charge in [0.2, 0.25) is 0 Å². The number of nitrogens with one attached hydrogen (secondary N) is 1. The molecule has 4 heteroatoms. The van der Waals surface area contributed by atoms with Gasteiger partial charge in [0.25, 0.3) is 0 Å². The van der Waals surface area contributed by atoms with Gasteiger partial charge in [-0.1, -0.05) is 13.8 Å². The number of ketones is 1. The summed E-state index contributed by atoms with van der Waals surface area (Å²) in [5.41, 5.74) is 0.853. The Morgan fingerprint density at radius 3 is 2.93 bits per heavy atom. The average Bonchev–Trinajstić information content (AvgIpc) is 2.60. The number of aryl methyl sites for hydroxylation is 1. The van der Waals surface area contributed by atoms with E-state index >= 15 is 0 Å². The van der Waals surface area contributed by atoms with E-state index in [0.717, 1.165) is 18.8 Å². The summed E-state index contributed by atoms with van der Waals surface area (Å²) >= 11 is 0. The number of nitrogens with zero attached hydrogens (tertiary/aromatic N) is 2. The molecule has 15 heavy (non-hydrogen) atoms. The Morgan fingerprint density at radius 2 is 2.40 bits per heavy atom. The molecule has 0 aliphatic rings. The molecule has 1 atom stereocenters. The number of carbonyl (C=O) groups is 1. The van der Waals surface area contributed by atoms with Gasteiger partial charge in [-0.3, -0.25) is 9.48 Å². The van der Waals surface area contributed by atoms with Crippen LogP contribution in [0.25, 0.3) is 0 Å². The second kappa shape index (κ2) is 5.66. The fraction of sp³-hybridized carbons (Fsp3) is 0.636. The number of carbonyl (C=O) groups excluding carboxylic acids is 1. The van der Waals surface area contributed by atoms with Crippen molar-refractivity contribution in [3.63, 3.8) is 0 Å². The fourth-order valence-electron chi connectivity index (χ4n) is 1.38. The predicted octanol–water partition coefficient (Wildman–Crippen LogP) is 0.777. The minimum absolute atomic E-state index is 0.0620.